The third-order valence-electron chi connectivity index (χ3n) is 3.43. The van der Waals surface area contributed by atoms with Gasteiger partial charge in [-0.15, -0.1) is 0 Å². The van der Waals surface area contributed by atoms with Gasteiger partial charge in [0.15, 0.2) is 5.11 Å². The summed E-state index contributed by atoms with van der Waals surface area (Å²) in [4.78, 5) is 12.3. The largest absolute Gasteiger partial charge is 0.467 e. The summed E-state index contributed by atoms with van der Waals surface area (Å²) in [6.45, 7) is 0.447. The highest BCUT2D eigenvalue weighted by molar-refractivity contribution is 7.80. The molecule has 0 aliphatic rings. The summed E-state index contributed by atoms with van der Waals surface area (Å²) in [5.74, 6) is 0.512. The first-order valence-corrected chi connectivity index (χ1v) is 7.46. The Morgan fingerprint density at radius 3 is 2.83 bits per heavy atom. The molecule has 1 aromatic carbocycles. The number of aromatic nitrogens is 1. The van der Waals surface area contributed by atoms with Crippen molar-refractivity contribution in [2.45, 2.75) is 6.54 Å². The Kier molecular flexibility index (Phi) is 4.29. The molecule has 3 N–H and O–H groups in total. The van der Waals surface area contributed by atoms with E-state index in [1.807, 2.05) is 41.9 Å². The molecule has 0 spiro atoms. The highest BCUT2D eigenvalue weighted by atomic mass is 32.1. The Bertz CT molecular complexity index is 839. The van der Waals surface area contributed by atoms with Crippen molar-refractivity contribution >= 4 is 34.1 Å². The van der Waals surface area contributed by atoms with Crippen LogP contribution in [0, 0.1) is 0 Å². The van der Waals surface area contributed by atoms with Crippen molar-refractivity contribution in [3.63, 3.8) is 0 Å². The van der Waals surface area contributed by atoms with Crippen LogP contribution in [0.5, 0.6) is 0 Å². The number of aryl methyl sites for hydroxylation is 1. The normalized spacial score (nSPS) is 10.5. The van der Waals surface area contributed by atoms with Gasteiger partial charge in [-0.1, -0.05) is 18.2 Å². The van der Waals surface area contributed by atoms with Gasteiger partial charge in [-0.05, 0) is 30.4 Å². The number of thiocarbonyl (C=S) groups is 1. The quantitative estimate of drug-likeness (QED) is 0.507. The molecular weight excluding hydrogens is 312 g/mol. The van der Waals surface area contributed by atoms with Crippen molar-refractivity contribution in [3.8, 4) is 0 Å². The second-order valence-corrected chi connectivity index (χ2v) is 5.42. The molecule has 0 fully saturated rings. The number of nitrogens with zero attached hydrogens (tertiary/aromatic N) is 1. The summed E-state index contributed by atoms with van der Waals surface area (Å²) in [6, 6.07) is 11.4. The van der Waals surface area contributed by atoms with Gasteiger partial charge in [-0.3, -0.25) is 15.6 Å². The lowest BCUT2D eigenvalue weighted by Crippen LogP contribution is -2.46. The van der Waals surface area contributed by atoms with Gasteiger partial charge in [0.05, 0.1) is 18.4 Å². The summed E-state index contributed by atoms with van der Waals surface area (Å²) >= 11 is 5.11. The molecule has 3 aromatic rings. The predicted molar refractivity (Wildman–Crippen MR) is 91.7 cm³/mol. The van der Waals surface area contributed by atoms with Crippen molar-refractivity contribution in [3.05, 3.63) is 60.2 Å². The molecule has 0 bridgehead atoms. The molecule has 1 amide bonds. The van der Waals surface area contributed by atoms with Gasteiger partial charge in [-0.2, -0.15) is 0 Å². The molecule has 0 aliphatic heterocycles. The van der Waals surface area contributed by atoms with Crippen LogP contribution >= 0.6 is 12.2 Å². The van der Waals surface area contributed by atoms with Crippen molar-refractivity contribution in [1.82, 2.24) is 20.7 Å². The number of fused-ring (bicyclic) bond motifs is 1. The maximum Gasteiger partial charge on any atom is 0.271 e. The van der Waals surface area contributed by atoms with Crippen LogP contribution in [0.25, 0.3) is 10.9 Å². The van der Waals surface area contributed by atoms with Gasteiger partial charge in [0.2, 0.25) is 0 Å². The number of hydrogen-bond acceptors (Lipinski definition) is 3. The summed E-state index contributed by atoms with van der Waals surface area (Å²) in [5.41, 5.74) is 6.87. The van der Waals surface area contributed by atoms with E-state index in [4.69, 9.17) is 16.6 Å². The summed E-state index contributed by atoms with van der Waals surface area (Å²) < 4.78 is 7.10. The van der Waals surface area contributed by atoms with Crippen molar-refractivity contribution in [1.29, 1.82) is 0 Å². The highest BCUT2D eigenvalue weighted by Gasteiger charge is 2.13. The summed E-state index contributed by atoms with van der Waals surface area (Å²) in [5, 5.41) is 4.15. The van der Waals surface area contributed by atoms with Gasteiger partial charge in [0.1, 0.15) is 5.76 Å². The number of rotatable bonds is 3. The molecule has 2 heterocycles. The molecule has 6 nitrogen and oxygen atoms in total. The SMILES string of the molecule is Cn1cc(C(=O)NNC(=S)NCc2ccco2)c2ccccc21. The first-order valence-electron chi connectivity index (χ1n) is 7.06. The minimum atomic E-state index is -0.246. The fourth-order valence-electron chi connectivity index (χ4n) is 2.33. The van der Waals surface area contributed by atoms with Crippen LogP contribution in [0.3, 0.4) is 0 Å². The van der Waals surface area contributed by atoms with Crippen molar-refractivity contribution in [2.24, 2.45) is 7.05 Å². The van der Waals surface area contributed by atoms with Gasteiger partial charge in [-0.25, -0.2) is 0 Å². The number of carbonyl (C=O) groups is 1. The van der Waals surface area contributed by atoms with Gasteiger partial charge in [0, 0.05) is 24.1 Å². The van der Waals surface area contributed by atoms with Crippen molar-refractivity contribution < 1.29 is 9.21 Å². The Morgan fingerprint density at radius 2 is 2.04 bits per heavy atom. The number of benzene rings is 1. The molecule has 0 unspecified atom stereocenters. The van der Waals surface area contributed by atoms with Crippen LogP contribution in [-0.2, 0) is 13.6 Å². The molecule has 3 rings (SSSR count). The number of amides is 1. The highest BCUT2D eigenvalue weighted by Crippen LogP contribution is 2.19. The van der Waals surface area contributed by atoms with E-state index in [0.717, 1.165) is 16.7 Å². The molecule has 23 heavy (non-hydrogen) atoms. The standard InChI is InChI=1S/C16H16N4O2S/c1-20-10-13(12-6-2-3-7-14(12)20)15(21)18-19-16(23)17-9-11-5-4-8-22-11/h2-8,10H,9H2,1H3,(H,18,21)(H2,17,19,23). The van der Waals surface area contributed by atoms with Crippen LogP contribution in [0.15, 0.2) is 53.3 Å². The zero-order chi connectivity index (χ0) is 16.2. The topological polar surface area (TPSA) is 71.2 Å². The molecule has 2 aromatic heterocycles. The first kappa shape index (κ1) is 15.1. The Hall–Kier alpha value is -2.80. The van der Waals surface area contributed by atoms with Gasteiger partial charge in [0.25, 0.3) is 5.91 Å². The van der Waals surface area contributed by atoms with E-state index in [2.05, 4.69) is 16.2 Å². The molecule has 0 saturated heterocycles. The van der Waals surface area contributed by atoms with E-state index in [-0.39, 0.29) is 5.91 Å². The van der Waals surface area contributed by atoms with E-state index >= 15 is 0 Å². The zero-order valence-corrected chi connectivity index (χ0v) is 13.3. The average molecular weight is 328 g/mol. The van der Waals surface area contributed by atoms with E-state index in [0.29, 0.717) is 17.2 Å². The van der Waals surface area contributed by atoms with E-state index in [1.165, 1.54) is 0 Å². The van der Waals surface area contributed by atoms with E-state index in [1.54, 1.807) is 18.5 Å². The molecule has 0 saturated carbocycles. The monoisotopic (exact) mass is 328 g/mol. The predicted octanol–water partition coefficient (Wildman–Crippen LogP) is 2.08. The third-order valence-corrected chi connectivity index (χ3v) is 3.68. The molecule has 0 atom stereocenters. The Balaban J connectivity index is 1.59. The first-order chi connectivity index (χ1) is 11.1. The number of hydrogen-bond donors (Lipinski definition) is 3. The Morgan fingerprint density at radius 1 is 1.22 bits per heavy atom. The number of furan rings is 1. The Labute approximate surface area is 138 Å². The number of carbonyl (C=O) groups excluding carboxylic acids is 1. The van der Waals surface area contributed by atoms with E-state index in [9.17, 15) is 4.79 Å². The average Bonchev–Trinajstić information content (AvgIpc) is 3.19. The molecule has 0 radical (unpaired) electrons. The van der Waals surface area contributed by atoms with E-state index < -0.39 is 0 Å². The maximum atomic E-state index is 12.3. The number of hydrazine groups is 1. The van der Waals surface area contributed by atoms with Gasteiger partial charge >= 0.3 is 0 Å². The lowest BCUT2D eigenvalue weighted by atomic mass is 10.2. The third kappa shape index (κ3) is 3.35. The minimum absolute atomic E-state index is 0.246. The van der Waals surface area contributed by atoms with Crippen LogP contribution in [0.4, 0.5) is 0 Å². The van der Waals surface area contributed by atoms with Gasteiger partial charge < -0.3 is 14.3 Å². The van der Waals surface area contributed by atoms with Crippen LogP contribution in [-0.4, -0.2) is 15.6 Å². The molecular formula is C16H16N4O2S. The second-order valence-electron chi connectivity index (χ2n) is 5.01. The maximum absolute atomic E-state index is 12.3. The smallest absolute Gasteiger partial charge is 0.271 e. The zero-order valence-electron chi connectivity index (χ0n) is 12.5. The summed E-state index contributed by atoms with van der Waals surface area (Å²) in [7, 11) is 1.90. The number of para-hydroxylation sites is 1. The molecule has 118 valence electrons. The second kappa shape index (κ2) is 6.53. The van der Waals surface area contributed by atoms with Crippen LogP contribution in [0.2, 0.25) is 0 Å². The molecule has 7 heteroatoms. The van der Waals surface area contributed by atoms with Crippen molar-refractivity contribution in [2.75, 3.05) is 0 Å². The molecule has 0 aliphatic carbocycles. The van der Waals surface area contributed by atoms with Crippen LogP contribution in [0.1, 0.15) is 16.1 Å². The lowest BCUT2D eigenvalue weighted by Gasteiger charge is -2.10. The fraction of sp³-hybridized carbons (Fsp3) is 0.125. The summed E-state index contributed by atoms with van der Waals surface area (Å²) in [6.07, 6.45) is 3.39. The van der Waals surface area contributed by atoms with Crippen LogP contribution < -0.4 is 16.2 Å². The lowest BCUT2D eigenvalue weighted by molar-refractivity contribution is 0.0945. The fourth-order valence-corrected chi connectivity index (χ4v) is 2.45. The minimum Gasteiger partial charge on any atom is -0.467 e. The number of nitrogens with one attached hydrogen (secondary N) is 3.